The van der Waals surface area contributed by atoms with Gasteiger partial charge in [0, 0.05) is 10.8 Å². The van der Waals surface area contributed by atoms with E-state index in [0.29, 0.717) is 5.78 Å². The van der Waals surface area contributed by atoms with Crippen molar-refractivity contribution in [1.29, 1.82) is 0 Å². The van der Waals surface area contributed by atoms with Crippen LogP contribution in [-0.4, -0.2) is 5.78 Å². The minimum absolute atomic E-state index is 0.157. The van der Waals surface area contributed by atoms with Gasteiger partial charge in [-0.05, 0) is 36.3 Å². The Kier molecular flexibility index (Phi) is 3.96. The minimum Gasteiger partial charge on any atom is -0.293 e. The molecule has 2 heteroatoms. The Labute approximate surface area is 115 Å². The number of rotatable bonds is 2. The maximum atomic E-state index is 12.5. The molecule has 0 amide bonds. The largest absolute Gasteiger partial charge is 0.293 e. The molecule has 18 heavy (non-hydrogen) atoms. The minimum atomic E-state index is 0.157. The molecule has 0 unspecified atom stereocenters. The van der Waals surface area contributed by atoms with Gasteiger partial charge in [-0.1, -0.05) is 40.5 Å². The predicted molar refractivity (Wildman–Crippen MR) is 78.5 cm³/mol. The van der Waals surface area contributed by atoms with Crippen molar-refractivity contribution in [1.82, 2.24) is 0 Å². The van der Waals surface area contributed by atoms with E-state index in [1.807, 2.05) is 6.07 Å². The molecule has 0 aliphatic heterocycles. The summed E-state index contributed by atoms with van der Waals surface area (Å²) in [4.78, 5) is 14.7. The summed E-state index contributed by atoms with van der Waals surface area (Å²) in [5.41, 5.74) is 0.157. The summed E-state index contributed by atoms with van der Waals surface area (Å²) in [6.07, 6.45) is 4.60. The number of Topliss-reactive ketones (excluding diaryl/α,β-unsaturated/α-hetero) is 1. The molecule has 0 aromatic carbocycles. The molecule has 1 fully saturated rings. The fourth-order valence-electron chi connectivity index (χ4n) is 2.60. The summed E-state index contributed by atoms with van der Waals surface area (Å²) in [5, 5.41) is 0. The molecule has 0 spiro atoms. The van der Waals surface area contributed by atoms with Crippen molar-refractivity contribution < 1.29 is 4.79 Å². The second-order valence-electron chi connectivity index (χ2n) is 6.73. The zero-order chi connectivity index (χ0) is 13.3. The van der Waals surface area contributed by atoms with Crippen molar-refractivity contribution >= 4 is 17.1 Å². The van der Waals surface area contributed by atoms with Crippen LogP contribution in [-0.2, 0) is 5.41 Å². The maximum absolute atomic E-state index is 12.5. The number of ketones is 1. The van der Waals surface area contributed by atoms with Gasteiger partial charge in [0.1, 0.15) is 0 Å². The molecule has 2 rings (SSSR count). The summed E-state index contributed by atoms with van der Waals surface area (Å²) < 4.78 is 0. The van der Waals surface area contributed by atoms with Gasteiger partial charge in [0.25, 0.3) is 0 Å². The molecule has 1 aliphatic rings. The quantitative estimate of drug-likeness (QED) is 0.683. The standard InChI is InChI=1S/C16H24OS/c1-11-5-7-12(8-6-11)15(17)13-9-10-14(18-13)16(2,3)4/h9-12H,5-8H2,1-4H3. The lowest BCUT2D eigenvalue weighted by molar-refractivity contribution is 0.0880. The third kappa shape index (κ3) is 3.03. The second kappa shape index (κ2) is 5.16. The summed E-state index contributed by atoms with van der Waals surface area (Å²) >= 11 is 1.69. The summed E-state index contributed by atoms with van der Waals surface area (Å²) in [7, 11) is 0. The summed E-state index contributed by atoms with van der Waals surface area (Å²) in [5.74, 6) is 1.48. The van der Waals surface area contributed by atoms with Gasteiger partial charge in [-0.15, -0.1) is 11.3 Å². The van der Waals surface area contributed by atoms with E-state index in [4.69, 9.17) is 0 Å². The summed E-state index contributed by atoms with van der Waals surface area (Å²) in [6, 6.07) is 4.16. The Morgan fingerprint density at radius 2 is 1.78 bits per heavy atom. The van der Waals surface area contributed by atoms with E-state index in [9.17, 15) is 4.79 Å². The van der Waals surface area contributed by atoms with Crippen molar-refractivity contribution in [3.8, 4) is 0 Å². The molecule has 0 bridgehead atoms. The van der Waals surface area contributed by atoms with Gasteiger partial charge in [0.15, 0.2) is 5.78 Å². The lowest BCUT2D eigenvalue weighted by atomic mass is 9.80. The fourth-order valence-corrected chi connectivity index (χ4v) is 3.68. The van der Waals surface area contributed by atoms with Crippen molar-refractivity contribution in [3.05, 3.63) is 21.9 Å². The van der Waals surface area contributed by atoms with Gasteiger partial charge < -0.3 is 0 Å². The summed E-state index contributed by atoms with van der Waals surface area (Å²) in [6.45, 7) is 8.91. The zero-order valence-corrected chi connectivity index (χ0v) is 12.8. The van der Waals surface area contributed by atoms with Crippen LogP contribution in [0.5, 0.6) is 0 Å². The van der Waals surface area contributed by atoms with Gasteiger partial charge in [0.2, 0.25) is 0 Å². The highest BCUT2D eigenvalue weighted by Gasteiger charge is 2.27. The van der Waals surface area contributed by atoms with Crippen LogP contribution in [0.1, 0.15) is 67.9 Å². The Hall–Kier alpha value is -0.630. The lowest BCUT2D eigenvalue weighted by Crippen LogP contribution is -2.20. The molecule has 1 aromatic rings. The van der Waals surface area contributed by atoms with Crippen LogP contribution in [0.2, 0.25) is 0 Å². The maximum Gasteiger partial charge on any atom is 0.175 e. The van der Waals surface area contributed by atoms with Crippen molar-refractivity contribution in [2.45, 2.75) is 58.8 Å². The highest BCUT2D eigenvalue weighted by atomic mass is 32.1. The molecule has 1 heterocycles. The number of hydrogen-bond acceptors (Lipinski definition) is 2. The van der Waals surface area contributed by atoms with Gasteiger partial charge in [-0.2, -0.15) is 0 Å². The van der Waals surface area contributed by atoms with Crippen molar-refractivity contribution in [2.75, 3.05) is 0 Å². The van der Waals surface area contributed by atoms with Crippen LogP contribution in [0.15, 0.2) is 12.1 Å². The molecule has 1 aliphatic carbocycles. The number of thiophene rings is 1. The molecule has 100 valence electrons. The average Bonchev–Trinajstić information content (AvgIpc) is 2.78. The predicted octanol–water partition coefficient (Wildman–Crippen LogP) is 5.05. The van der Waals surface area contributed by atoms with Crippen molar-refractivity contribution in [2.24, 2.45) is 11.8 Å². The normalized spacial score (nSPS) is 25.1. The Morgan fingerprint density at radius 3 is 2.28 bits per heavy atom. The highest BCUT2D eigenvalue weighted by molar-refractivity contribution is 7.14. The molecule has 0 N–H and O–H groups in total. The van der Waals surface area contributed by atoms with E-state index in [2.05, 4.69) is 33.8 Å². The molecular weight excluding hydrogens is 240 g/mol. The molecule has 1 nitrogen and oxygen atoms in total. The molecule has 0 saturated heterocycles. The van der Waals surface area contributed by atoms with E-state index >= 15 is 0 Å². The Morgan fingerprint density at radius 1 is 1.17 bits per heavy atom. The first-order chi connectivity index (χ1) is 8.38. The van der Waals surface area contributed by atoms with Gasteiger partial charge >= 0.3 is 0 Å². The van der Waals surface area contributed by atoms with Gasteiger partial charge in [-0.25, -0.2) is 0 Å². The third-order valence-electron chi connectivity index (χ3n) is 3.97. The van der Waals surface area contributed by atoms with E-state index in [1.54, 1.807) is 11.3 Å². The monoisotopic (exact) mass is 264 g/mol. The molecule has 0 atom stereocenters. The first-order valence-electron chi connectivity index (χ1n) is 7.02. The average molecular weight is 264 g/mol. The van der Waals surface area contributed by atoms with Gasteiger partial charge in [-0.3, -0.25) is 4.79 Å². The second-order valence-corrected chi connectivity index (χ2v) is 7.82. The van der Waals surface area contributed by atoms with Crippen LogP contribution >= 0.6 is 11.3 Å². The van der Waals surface area contributed by atoms with Crippen LogP contribution in [0, 0.1) is 11.8 Å². The van der Waals surface area contributed by atoms with Crippen molar-refractivity contribution in [3.63, 3.8) is 0 Å². The Bertz CT molecular complexity index is 417. The van der Waals surface area contributed by atoms with E-state index in [0.717, 1.165) is 23.6 Å². The molecule has 1 saturated carbocycles. The van der Waals surface area contributed by atoms with E-state index < -0.39 is 0 Å². The first-order valence-corrected chi connectivity index (χ1v) is 7.84. The SMILES string of the molecule is CC1CCC(C(=O)c2ccc(C(C)(C)C)s2)CC1. The first kappa shape index (κ1) is 13.8. The molecule has 0 radical (unpaired) electrons. The topological polar surface area (TPSA) is 17.1 Å². The van der Waals surface area contributed by atoms with Crippen LogP contribution in [0.4, 0.5) is 0 Å². The Balaban J connectivity index is 2.07. The smallest absolute Gasteiger partial charge is 0.175 e. The zero-order valence-electron chi connectivity index (χ0n) is 12.0. The van der Waals surface area contributed by atoms with Crippen LogP contribution in [0.25, 0.3) is 0 Å². The lowest BCUT2D eigenvalue weighted by Gasteiger charge is -2.24. The van der Waals surface area contributed by atoms with Crippen LogP contribution < -0.4 is 0 Å². The van der Waals surface area contributed by atoms with Gasteiger partial charge in [0.05, 0.1) is 4.88 Å². The van der Waals surface area contributed by atoms with E-state index in [-0.39, 0.29) is 11.3 Å². The number of hydrogen-bond donors (Lipinski definition) is 0. The fraction of sp³-hybridized carbons (Fsp3) is 0.688. The van der Waals surface area contributed by atoms with Crippen LogP contribution in [0.3, 0.4) is 0 Å². The number of carbonyl (C=O) groups excluding carboxylic acids is 1. The highest BCUT2D eigenvalue weighted by Crippen LogP contribution is 2.34. The number of carbonyl (C=O) groups is 1. The third-order valence-corrected chi connectivity index (χ3v) is 5.50. The van der Waals surface area contributed by atoms with E-state index in [1.165, 1.54) is 17.7 Å². The molecular formula is C16H24OS. The molecule has 1 aromatic heterocycles.